The van der Waals surface area contributed by atoms with Crippen LogP contribution in [0.2, 0.25) is 0 Å². The molecule has 0 aliphatic rings. The molecule has 0 amide bonds. The van der Waals surface area contributed by atoms with Gasteiger partial charge in [-0.25, -0.2) is 0 Å². The maximum Gasteiger partial charge on any atom is 0.0282 e. The van der Waals surface area contributed by atoms with Gasteiger partial charge in [-0.05, 0) is 9.52 Å². The molecule has 0 spiro atoms. The summed E-state index contributed by atoms with van der Waals surface area (Å²) in [7, 11) is -1.83. The van der Waals surface area contributed by atoms with Crippen molar-refractivity contribution in [2.45, 2.75) is 19.1 Å². The Balaban J connectivity index is 4.42. The lowest BCUT2D eigenvalue weighted by Gasteiger charge is -2.05. The quantitative estimate of drug-likeness (QED) is 0.515. The minimum Gasteiger partial charge on any atom is -0.302 e. The van der Waals surface area contributed by atoms with E-state index in [0.717, 1.165) is 0 Å². The number of rotatable bonds is 1. The molecule has 1 atom stereocenters. The van der Waals surface area contributed by atoms with Crippen LogP contribution in [-0.4, -0.2) is 21.2 Å². The highest BCUT2D eigenvalue weighted by atomic mass is 32.2. The van der Waals surface area contributed by atoms with Gasteiger partial charge in [0.25, 0.3) is 0 Å². The molecule has 0 heterocycles. The highest BCUT2D eigenvalue weighted by Gasteiger charge is 2.01. The maximum atomic E-state index is 11.1. The van der Waals surface area contributed by atoms with Crippen LogP contribution >= 0.6 is 0 Å². The Hall–Kier alpha value is -0.0200. The van der Waals surface area contributed by atoms with Crippen LogP contribution in [0.5, 0.6) is 0 Å². The third-order valence-electron chi connectivity index (χ3n) is 1.21. The van der Waals surface area contributed by atoms with Gasteiger partial charge >= 0.3 is 0 Å². The zero-order valence-corrected chi connectivity index (χ0v) is 6.37. The van der Waals surface area contributed by atoms with E-state index in [1.165, 1.54) is 5.49 Å². The predicted octanol–water partition coefficient (Wildman–Crippen LogP) is 0.0274. The Labute approximate surface area is 51.1 Å². The molecule has 0 aromatic heterocycles. The predicted molar refractivity (Wildman–Crippen MR) is 39.5 cm³/mol. The molecular formula is C5H13NOS. The van der Waals surface area contributed by atoms with E-state index in [-0.39, 0.29) is 5.25 Å². The highest BCUT2D eigenvalue weighted by molar-refractivity contribution is 8.01. The first-order valence-electron chi connectivity index (χ1n) is 2.53. The highest BCUT2D eigenvalue weighted by Crippen LogP contribution is 1.94. The van der Waals surface area contributed by atoms with Gasteiger partial charge in [-0.15, -0.1) is 0 Å². The van der Waals surface area contributed by atoms with Crippen LogP contribution in [0.3, 0.4) is 0 Å². The smallest absolute Gasteiger partial charge is 0.0282 e. The van der Waals surface area contributed by atoms with Gasteiger partial charge < -0.3 is 5.73 Å². The molecule has 2 nitrogen and oxygen atoms in total. The monoisotopic (exact) mass is 135 g/mol. The van der Waals surface area contributed by atoms with Crippen LogP contribution in [0.1, 0.15) is 13.8 Å². The second kappa shape index (κ2) is 2.51. The van der Waals surface area contributed by atoms with Crippen molar-refractivity contribution in [1.29, 1.82) is 0 Å². The molecule has 0 rings (SSSR count). The Morgan fingerprint density at radius 1 is 1.62 bits per heavy atom. The van der Waals surface area contributed by atoms with Crippen molar-refractivity contribution in [2.24, 2.45) is 5.73 Å². The second-order valence-corrected chi connectivity index (χ2v) is 5.30. The standard InChI is InChI=1S/C5H13NOS/c1-5(2)8(3,7)4-6/h4-5H,6H2,1-3H3. The minimum atomic E-state index is -1.83. The zero-order chi connectivity index (χ0) is 6.78. The lowest BCUT2D eigenvalue weighted by atomic mass is 10.6. The Kier molecular flexibility index (Phi) is 2.50. The van der Waals surface area contributed by atoms with Crippen LogP contribution in [0.25, 0.3) is 0 Å². The molecule has 0 saturated carbocycles. The van der Waals surface area contributed by atoms with Crippen molar-refractivity contribution in [2.75, 3.05) is 6.26 Å². The average Bonchev–Trinajstić information content (AvgIpc) is 1.67. The molecule has 1 unspecified atom stereocenters. The van der Waals surface area contributed by atoms with Gasteiger partial charge in [0.1, 0.15) is 0 Å². The van der Waals surface area contributed by atoms with Crippen molar-refractivity contribution in [3.8, 4) is 0 Å². The topological polar surface area (TPSA) is 43.1 Å². The van der Waals surface area contributed by atoms with Crippen LogP contribution in [-0.2, 0) is 9.52 Å². The Morgan fingerprint density at radius 2 is 2.00 bits per heavy atom. The molecule has 0 radical (unpaired) electrons. The van der Waals surface area contributed by atoms with Gasteiger partial charge in [0.2, 0.25) is 0 Å². The van der Waals surface area contributed by atoms with Crippen molar-refractivity contribution >= 4 is 15.0 Å². The summed E-state index contributed by atoms with van der Waals surface area (Å²) >= 11 is 0. The molecule has 50 valence electrons. The average molecular weight is 135 g/mol. The van der Waals surface area contributed by atoms with E-state index in [9.17, 15) is 4.21 Å². The summed E-state index contributed by atoms with van der Waals surface area (Å²) in [5.74, 6) is 0. The molecule has 0 aliphatic carbocycles. The summed E-state index contributed by atoms with van der Waals surface area (Å²) in [6, 6.07) is 0. The van der Waals surface area contributed by atoms with Crippen LogP contribution < -0.4 is 5.73 Å². The van der Waals surface area contributed by atoms with E-state index in [4.69, 9.17) is 5.73 Å². The summed E-state index contributed by atoms with van der Waals surface area (Å²) in [4.78, 5) is 0. The van der Waals surface area contributed by atoms with Crippen molar-refractivity contribution < 1.29 is 4.21 Å². The zero-order valence-electron chi connectivity index (χ0n) is 5.55. The second-order valence-electron chi connectivity index (χ2n) is 2.15. The maximum absolute atomic E-state index is 11.1. The minimum absolute atomic E-state index is 0.160. The molecule has 0 fully saturated rings. The first-order chi connectivity index (χ1) is 3.50. The molecule has 0 aromatic carbocycles. The fraction of sp³-hybridized carbons (Fsp3) is 0.800. The largest absolute Gasteiger partial charge is 0.302 e. The van der Waals surface area contributed by atoms with Crippen molar-refractivity contribution in [3.05, 3.63) is 0 Å². The molecule has 8 heavy (non-hydrogen) atoms. The molecule has 0 bridgehead atoms. The summed E-state index contributed by atoms with van der Waals surface area (Å²) in [5, 5.41) is 0.160. The van der Waals surface area contributed by atoms with Crippen molar-refractivity contribution in [1.82, 2.24) is 0 Å². The van der Waals surface area contributed by atoms with E-state index < -0.39 is 9.52 Å². The van der Waals surface area contributed by atoms with Gasteiger partial charge in [-0.2, -0.15) is 0 Å². The van der Waals surface area contributed by atoms with E-state index in [1.807, 2.05) is 13.8 Å². The van der Waals surface area contributed by atoms with Gasteiger partial charge in [0.15, 0.2) is 0 Å². The van der Waals surface area contributed by atoms with E-state index in [1.54, 1.807) is 6.26 Å². The van der Waals surface area contributed by atoms with Gasteiger partial charge in [0, 0.05) is 17.0 Å². The fourth-order valence-electron chi connectivity index (χ4n) is 0.157. The lowest BCUT2D eigenvalue weighted by molar-refractivity contribution is 0.678. The lowest BCUT2D eigenvalue weighted by Crippen LogP contribution is -2.17. The van der Waals surface area contributed by atoms with Gasteiger partial charge in [-0.1, -0.05) is 13.8 Å². The first-order valence-corrected chi connectivity index (χ1v) is 4.63. The number of hydrogen-bond donors (Lipinski definition) is 1. The van der Waals surface area contributed by atoms with E-state index in [0.29, 0.717) is 0 Å². The Bertz CT molecular complexity index is 165. The molecule has 0 aliphatic heterocycles. The molecule has 2 N–H and O–H groups in total. The molecule has 0 aromatic rings. The molecule has 0 saturated heterocycles. The molecular weight excluding hydrogens is 122 g/mol. The summed E-state index contributed by atoms with van der Waals surface area (Å²) in [6.07, 6.45) is 1.66. The summed E-state index contributed by atoms with van der Waals surface area (Å²) in [5.41, 5.74) is 6.40. The third kappa shape index (κ3) is 1.84. The van der Waals surface area contributed by atoms with E-state index >= 15 is 0 Å². The fourth-order valence-corrected chi connectivity index (χ4v) is 0.471. The summed E-state index contributed by atoms with van der Waals surface area (Å²) in [6.45, 7) is 3.79. The van der Waals surface area contributed by atoms with E-state index in [2.05, 4.69) is 0 Å². The normalized spacial score (nSPS) is 18.1. The summed E-state index contributed by atoms with van der Waals surface area (Å²) < 4.78 is 11.1. The first kappa shape index (κ1) is 7.98. The van der Waals surface area contributed by atoms with Gasteiger partial charge in [0.05, 0.1) is 0 Å². The van der Waals surface area contributed by atoms with Crippen LogP contribution in [0.4, 0.5) is 0 Å². The number of hydrogen-bond acceptors (Lipinski definition) is 1. The molecule has 3 heteroatoms. The van der Waals surface area contributed by atoms with Gasteiger partial charge in [-0.3, -0.25) is 4.21 Å². The van der Waals surface area contributed by atoms with Crippen LogP contribution in [0.15, 0.2) is 0 Å². The SMILES string of the molecule is CC(C)S(C)(=O)=CN. The third-order valence-corrected chi connectivity index (χ3v) is 3.62. The van der Waals surface area contributed by atoms with Crippen molar-refractivity contribution in [3.63, 3.8) is 0 Å². The van der Waals surface area contributed by atoms with Crippen LogP contribution in [0, 0.1) is 0 Å². The number of nitrogens with two attached hydrogens (primary N) is 1. The Morgan fingerprint density at radius 3 is 2.00 bits per heavy atom.